The monoisotopic (exact) mass is 416 g/mol. The van der Waals surface area contributed by atoms with Crippen molar-refractivity contribution in [1.29, 1.82) is 0 Å². The van der Waals surface area contributed by atoms with E-state index >= 15 is 0 Å². The fourth-order valence-corrected chi connectivity index (χ4v) is 3.67. The van der Waals surface area contributed by atoms with E-state index in [2.05, 4.69) is 15.5 Å². The molecule has 0 spiro atoms. The Balaban J connectivity index is 1.54. The molecule has 2 amide bonds. The zero-order valence-corrected chi connectivity index (χ0v) is 16.7. The van der Waals surface area contributed by atoms with Crippen molar-refractivity contribution in [2.75, 3.05) is 11.9 Å². The van der Waals surface area contributed by atoms with E-state index in [1.807, 2.05) is 31.2 Å². The van der Waals surface area contributed by atoms with Crippen LogP contribution < -0.4 is 5.32 Å². The quantitative estimate of drug-likeness (QED) is 0.592. The summed E-state index contributed by atoms with van der Waals surface area (Å²) >= 11 is 12.2. The van der Waals surface area contributed by atoms with Gasteiger partial charge >= 0.3 is 6.03 Å². The number of hydrogen-bond donors (Lipinski definition) is 1. The number of nitrogens with zero attached hydrogens (tertiary/aromatic N) is 3. The second kappa shape index (κ2) is 7.81. The first-order valence-electron chi connectivity index (χ1n) is 8.95. The lowest BCUT2D eigenvalue weighted by Crippen LogP contribution is -2.34. The van der Waals surface area contributed by atoms with Crippen LogP contribution >= 0.6 is 23.2 Å². The van der Waals surface area contributed by atoms with Crippen molar-refractivity contribution in [2.45, 2.75) is 25.8 Å². The van der Waals surface area contributed by atoms with E-state index in [1.165, 1.54) is 0 Å². The van der Waals surface area contributed by atoms with E-state index < -0.39 is 0 Å². The maximum atomic E-state index is 12.8. The highest BCUT2D eigenvalue weighted by Crippen LogP contribution is 2.34. The van der Waals surface area contributed by atoms with Crippen LogP contribution in [0.5, 0.6) is 0 Å². The van der Waals surface area contributed by atoms with Gasteiger partial charge in [0.15, 0.2) is 0 Å². The first-order chi connectivity index (χ1) is 13.5. The molecule has 1 saturated heterocycles. The van der Waals surface area contributed by atoms with Gasteiger partial charge in [-0.3, -0.25) is 0 Å². The molecule has 0 aliphatic carbocycles. The number of carbonyl (C=O) groups is 1. The van der Waals surface area contributed by atoms with Crippen molar-refractivity contribution < 1.29 is 9.32 Å². The number of hydrogen-bond acceptors (Lipinski definition) is 4. The molecule has 8 heteroatoms. The fourth-order valence-electron chi connectivity index (χ4n) is 3.33. The number of carbonyl (C=O) groups excluding carboxylic acids is 1. The number of rotatable bonds is 3. The van der Waals surface area contributed by atoms with Crippen molar-refractivity contribution in [3.05, 3.63) is 64.0 Å². The number of anilines is 1. The standard InChI is InChI=1S/C20H18Cl2N4O2/c1-12-5-2-6-13(11-12)18-24-19(28-25-18)16-9-4-10-26(16)20(27)23-15-8-3-7-14(21)17(15)22/h2-3,5-8,11,16H,4,9-10H2,1H3,(H,23,27). The summed E-state index contributed by atoms with van der Waals surface area (Å²) in [4.78, 5) is 19.0. The first kappa shape index (κ1) is 18.8. The normalized spacial score (nSPS) is 16.4. The van der Waals surface area contributed by atoms with E-state index in [0.29, 0.717) is 34.0 Å². The third-order valence-electron chi connectivity index (χ3n) is 4.71. The number of amides is 2. The van der Waals surface area contributed by atoms with Gasteiger partial charge in [0, 0.05) is 12.1 Å². The molecular formula is C20H18Cl2N4O2. The van der Waals surface area contributed by atoms with Gasteiger partial charge in [0.25, 0.3) is 0 Å². The van der Waals surface area contributed by atoms with Gasteiger partial charge < -0.3 is 14.7 Å². The van der Waals surface area contributed by atoms with Crippen LogP contribution in [0.1, 0.15) is 30.3 Å². The van der Waals surface area contributed by atoms with Crippen molar-refractivity contribution in [1.82, 2.24) is 15.0 Å². The van der Waals surface area contributed by atoms with Gasteiger partial charge in [-0.05, 0) is 38.0 Å². The minimum absolute atomic E-state index is 0.274. The van der Waals surface area contributed by atoms with Crippen molar-refractivity contribution >= 4 is 34.9 Å². The average Bonchev–Trinajstić information content (AvgIpc) is 3.34. The Morgan fingerprint density at radius 3 is 2.89 bits per heavy atom. The lowest BCUT2D eigenvalue weighted by molar-refractivity contribution is 0.193. The molecule has 4 rings (SSSR count). The molecule has 1 fully saturated rings. The van der Waals surface area contributed by atoms with E-state index in [1.54, 1.807) is 23.1 Å². The summed E-state index contributed by atoms with van der Waals surface area (Å²) in [6, 6.07) is 12.4. The first-order valence-corrected chi connectivity index (χ1v) is 9.71. The zero-order valence-electron chi connectivity index (χ0n) is 15.2. The number of likely N-dealkylation sites (tertiary alicyclic amines) is 1. The molecule has 0 radical (unpaired) electrons. The Labute approximate surface area is 172 Å². The van der Waals surface area contributed by atoms with Gasteiger partial charge in [0.05, 0.1) is 15.7 Å². The van der Waals surface area contributed by atoms with Gasteiger partial charge in [-0.1, -0.05) is 58.2 Å². The molecule has 0 bridgehead atoms. The smallest absolute Gasteiger partial charge is 0.322 e. The topological polar surface area (TPSA) is 71.3 Å². The van der Waals surface area contributed by atoms with E-state index in [-0.39, 0.29) is 12.1 Å². The van der Waals surface area contributed by atoms with Gasteiger partial charge in [-0.25, -0.2) is 4.79 Å². The number of aromatic nitrogens is 2. The van der Waals surface area contributed by atoms with Crippen LogP contribution in [0.4, 0.5) is 10.5 Å². The third kappa shape index (κ3) is 3.70. The van der Waals surface area contributed by atoms with Crippen LogP contribution in [0.2, 0.25) is 10.0 Å². The molecule has 6 nitrogen and oxygen atoms in total. The molecule has 1 atom stereocenters. The highest BCUT2D eigenvalue weighted by atomic mass is 35.5. The van der Waals surface area contributed by atoms with Crippen molar-refractivity contribution in [3.63, 3.8) is 0 Å². The van der Waals surface area contributed by atoms with Crippen LogP contribution in [0.15, 0.2) is 47.0 Å². The minimum Gasteiger partial charge on any atom is -0.337 e. The second-order valence-electron chi connectivity index (χ2n) is 6.71. The number of benzene rings is 2. The van der Waals surface area contributed by atoms with Crippen LogP contribution in [0.25, 0.3) is 11.4 Å². The number of aryl methyl sites for hydroxylation is 1. The molecule has 144 valence electrons. The Hall–Kier alpha value is -2.57. The van der Waals surface area contributed by atoms with E-state index in [0.717, 1.165) is 24.0 Å². The van der Waals surface area contributed by atoms with Crippen LogP contribution in [0.3, 0.4) is 0 Å². The average molecular weight is 417 g/mol. The predicted octanol–water partition coefficient (Wildman–Crippen LogP) is 5.72. The number of nitrogens with one attached hydrogen (secondary N) is 1. The molecule has 28 heavy (non-hydrogen) atoms. The highest BCUT2D eigenvalue weighted by molar-refractivity contribution is 6.43. The second-order valence-corrected chi connectivity index (χ2v) is 7.49. The molecule has 2 heterocycles. The van der Waals surface area contributed by atoms with Gasteiger partial charge in [-0.2, -0.15) is 4.98 Å². The minimum atomic E-state index is -0.276. The summed E-state index contributed by atoms with van der Waals surface area (Å²) in [6.45, 7) is 2.60. The van der Waals surface area contributed by atoms with Gasteiger partial charge in [0.1, 0.15) is 6.04 Å². The summed E-state index contributed by atoms with van der Waals surface area (Å²) in [5.74, 6) is 0.949. The summed E-state index contributed by atoms with van der Waals surface area (Å²) < 4.78 is 5.49. The SMILES string of the molecule is Cc1cccc(-c2noc(C3CCCN3C(=O)Nc3cccc(Cl)c3Cl)n2)c1. The fraction of sp³-hybridized carbons (Fsp3) is 0.250. The summed E-state index contributed by atoms with van der Waals surface area (Å²) in [7, 11) is 0. The summed E-state index contributed by atoms with van der Waals surface area (Å²) in [5, 5.41) is 7.61. The molecule has 2 aromatic carbocycles. The van der Waals surface area contributed by atoms with E-state index in [9.17, 15) is 4.79 Å². The molecule has 1 N–H and O–H groups in total. The lowest BCUT2D eigenvalue weighted by Gasteiger charge is -2.22. The molecule has 0 saturated carbocycles. The molecule has 1 aliphatic rings. The van der Waals surface area contributed by atoms with Crippen molar-refractivity contribution in [2.24, 2.45) is 0 Å². The zero-order chi connectivity index (χ0) is 19.7. The Morgan fingerprint density at radius 2 is 2.07 bits per heavy atom. The highest BCUT2D eigenvalue weighted by Gasteiger charge is 2.34. The summed E-state index contributed by atoms with van der Waals surface area (Å²) in [6.07, 6.45) is 1.61. The molecule has 1 aliphatic heterocycles. The Morgan fingerprint density at radius 1 is 1.25 bits per heavy atom. The van der Waals surface area contributed by atoms with Gasteiger partial charge in [0.2, 0.25) is 11.7 Å². The molecule has 1 aromatic heterocycles. The van der Waals surface area contributed by atoms with Crippen LogP contribution in [-0.2, 0) is 0 Å². The van der Waals surface area contributed by atoms with Crippen LogP contribution in [0, 0.1) is 6.92 Å². The van der Waals surface area contributed by atoms with Crippen molar-refractivity contribution in [3.8, 4) is 11.4 Å². The predicted molar refractivity (Wildman–Crippen MR) is 109 cm³/mol. The number of urea groups is 1. The lowest BCUT2D eigenvalue weighted by atomic mass is 10.1. The summed E-state index contributed by atoms with van der Waals surface area (Å²) in [5.41, 5.74) is 2.47. The largest absolute Gasteiger partial charge is 0.337 e. The third-order valence-corrected chi connectivity index (χ3v) is 5.53. The van der Waals surface area contributed by atoms with Crippen LogP contribution in [-0.4, -0.2) is 27.6 Å². The number of halogens is 2. The van der Waals surface area contributed by atoms with Gasteiger partial charge in [-0.15, -0.1) is 0 Å². The maximum absolute atomic E-state index is 12.8. The van der Waals surface area contributed by atoms with E-state index in [4.69, 9.17) is 27.7 Å². The molecule has 1 unspecified atom stereocenters. The molecule has 3 aromatic rings. The Bertz CT molecular complexity index is 1020. The Kier molecular flexibility index (Phi) is 5.24. The maximum Gasteiger partial charge on any atom is 0.322 e. The molecular weight excluding hydrogens is 399 g/mol.